The molecule has 1 atom stereocenters. The first-order valence-electron chi connectivity index (χ1n) is 9.41. The van der Waals surface area contributed by atoms with Crippen molar-refractivity contribution in [3.05, 3.63) is 0 Å². The second-order valence-corrected chi connectivity index (χ2v) is 8.32. The van der Waals surface area contributed by atoms with Gasteiger partial charge < -0.3 is 4.90 Å². The predicted octanol–water partition coefficient (Wildman–Crippen LogP) is 0.955. The van der Waals surface area contributed by atoms with Crippen molar-refractivity contribution in [3.8, 4) is 0 Å². The lowest BCUT2D eigenvalue weighted by Crippen LogP contribution is -2.74. The second kappa shape index (κ2) is 6.69. The number of rotatable bonds is 5. The van der Waals surface area contributed by atoms with Crippen LogP contribution in [0.3, 0.4) is 0 Å². The molecule has 0 bridgehead atoms. The van der Waals surface area contributed by atoms with E-state index in [4.69, 9.17) is 0 Å². The molecule has 3 rings (SSSR count). The first kappa shape index (κ1) is 17.2. The molecule has 1 spiro atoms. The highest BCUT2D eigenvalue weighted by Gasteiger charge is 2.53. The summed E-state index contributed by atoms with van der Waals surface area (Å²) in [6.07, 6.45) is 1.21. The molecule has 3 saturated heterocycles. The van der Waals surface area contributed by atoms with Crippen LogP contribution in [0.15, 0.2) is 0 Å². The number of likely N-dealkylation sites (tertiary alicyclic amines) is 2. The fourth-order valence-electron chi connectivity index (χ4n) is 4.23. The van der Waals surface area contributed by atoms with Gasteiger partial charge in [0.15, 0.2) is 0 Å². The van der Waals surface area contributed by atoms with Crippen molar-refractivity contribution in [1.82, 2.24) is 19.6 Å². The van der Waals surface area contributed by atoms with Crippen LogP contribution in [0.4, 0.5) is 0 Å². The Kier molecular flexibility index (Phi) is 5.00. The summed E-state index contributed by atoms with van der Waals surface area (Å²) in [6, 6.07) is 1.32. The minimum absolute atomic E-state index is 0.343. The highest BCUT2D eigenvalue weighted by molar-refractivity contribution is 5.79. The molecule has 5 heteroatoms. The zero-order valence-electron chi connectivity index (χ0n) is 15.4. The number of carbonyl (C=O) groups is 1. The molecule has 5 nitrogen and oxygen atoms in total. The standard InChI is InChI=1S/C18H34N4O/c1-5-16(4)20-8-6-19(7-9-20)10-17(23)22-13-18(14-22)11-21(12-18)15(2)3/h15-16H,5-14H2,1-4H3. The molecule has 0 aromatic heterocycles. The third-order valence-corrected chi connectivity index (χ3v) is 6.19. The predicted molar refractivity (Wildman–Crippen MR) is 93.5 cm³/mol. The highest BCUT2D eigenvalue weighted by atomic mass is 16.2. The highest BCUT2D eigenvalue weighted by Crippen LogP contribution is 2.40. The molecule has 23 heavy (non-hydrogen) atoms. The molecule has 0 radical (unpaired) electrons. The summed E-state index contributed by atoms with van der Waals surface area (Å²) in [5, 5.41) is 0. The molecule has 3 aliphatic rings. The van der Waals surface area contributed by atoms with E-state index < -0.39 is 0 Å². The molecule has 0 aromatic rings. The molecular weight excluding hydrogens is 288 g/mol. The molecule has 3 heterocycles. The molecule has 0 N–H and O–H groups in total. The smallest absolute Gasteiger partial charge is 0.236 e. The van der Waals surface area contributed by atoms with Gasteiger partial charge in [-0.1, -0.05) is 6.92 Å². The van der Waals surface area contributed by atoms with Crippen molar-refractivity contribution in [2.24, 2.45) is 5.41 Å². The van der Waals surface area contributed by atoms with E-state index in [2.05, 4.69) is 47.3 Å². The lowest BCUT2D eigenvalue weighted by molar-refractivity contribution is -0.163. The van der Waals surface area contributed by atoms with Crippen LogP contribution in [0.1, 0.15) is 34.1 Å². The molecular formula is C18H34N4O. The number of hydrogen-bond acceptors (Lipinski definition) is 4. The molecule has 3 fully saturated rings. The number of carbonyl (C=O) groups excluding carboxylic acids is 1. The Morgan fingerprint density at radius 2 is 1.57 bits per heavy atom. The van der Waals surface area contributed by atoms with E-state index in [9.17, 15) is 4.79 Å². The summed E-state index contributed by atoms with van der Waals surface area (Å²) >= 11 is 0. The van der Waals surface area contributed by atoms with E-state index in [1.807, 2.05) is 0 Å². The van der Waals surface area contributed by atoms with E-state index in [1.54, 1.807) is 0 Å². The normalized spacial score (nSPS) is 27.1. The van der Waals surface area contributed by atoms with Crippen LogP contribution in [0, 0.1) is 5.41 Å². The van der Waals surface area contributed by atoms with Crippen molar-refractivity contribution >= 4 is 5.91 Å². The Balaban J connectivity index is 1.36. The third-order valence-electron chi connectivity index (χ3n) is 6.19. The Morgan fingerprint density at radius 3 is 2.09 bits per heavy atom. The van der Waals surface area contributed by atoms with Crippen molar-refractivity contribution in [2.45, 2.75) is 46.2 Å². The summed E-state index contributed by atoms with van der Waals surface area (Å²) in [7, 11) is 0. The van der Waals surface area contributed by atoms with Crippen LogP contribution in [0.25, 0.3) is 0 Å². The van der Waals surface area contributed by atoms with Gasteiger partial charge >= 0.3 is 0 Å². The fourth-order valence-corrected chi connectivity index (χ4v) is 4.23. The van der Waals surface area contributed by atoms with Gasteiger partial charge in [0, 0.05) is 69.9 Å². The average molecular weight is 322 g/mol. The zero-order valence-corrected chi connectivity index (χ0v) is 15.4. The Labute approximate surface area is 141 Å². The third kappa shape index (κ3) is 3.57. The minimum Gasteiger partial charge on any atom is -0.340 e. The summed E-state index contributed by atoms with van der Waals surface area (Å²) in [4.78, 5) is 21.9. The molecule has 1 unspecified atom stereocenters. The van der Waals surface area contributed by atoms with Crippen molar-refractivity contribution in [1.29, 1.82) is 0 Å². The number of hydrogen-bond donors (Lipinski definition) is 0. The number of piperazine rings is 1. The Hall–Kier alpha value is -0.650. The SMILES string of the molecule is CCC(C)N1CCN(CC(=O)N2CC3(C2)CN(C(C)C)C3)CC1. The van der Waals surface area contributed by atoms with Gasteiger partial charge in [0.2, 0.25) is 5.91 Å². The number of amides is 1. The minimum atomic E-state index is 0.343. The largest absolute Gasteiger partial charge is 0.340 e. The fraction of sp³-hybridized carbons (Fsp3) is 0.944. The van der Waals surface area contributed by atoms with Crippen molar-refractivity contribution < 1.29 is 4.79 Å². The lowest BCUT2D eigenvalue weighted by Gasteiger charge is -2.61. The average Bonchev–Trinajstić information content (AvgIpc) is 2.44. The van der Waals surface area contributed by atoms with Crippen molar-refractivity contribution in [2.75, 3.05) is 58.9 Å². The van der Waals surface area contributed by atoms with E-state index >= 15 is 0 Å². The maximum absolute atomic E-state index is 12.5. The van der Waals surface area contributed by atoms with E-state index in [-0.39, 0.29) is 0 Å². The molecule has 132 valence electrons. The van der Waals surface area contributed by atoms with Crippen LogP contribution >= 0.6 is 0 Å². The zero-order chi connectivity index (χ0) is 16.6. The van der Waals surface area contributed by atoms with Gasteiger partial charge in [-0.2, -0.15) is 0 Å². The van der Waals surface area contributed by atoms with Crippen LogP contribution in [-0.2, 0) is 4.79 Å². The maximum atomic E-state index is 12.5. The van der Waals surface area contributed by atoms with Gasteiger partial charge in [0.1, 0.15) is 0 Å². The first-order chi connectivity index (χ1) is 10.9. The summed E-state index contributed by atoms with van der Waals surface area (Å²) < 4.78 is 0. The Bertz CT molecular complexity index is 417. The van der Waals surface area contributed by atoms with E-state index in [1.165, 1.54) is 19.5 Å². The Morgan fingerprint density at radius 1 is 0.957 bits per heavy atom. The lowest BCUT2D eigenvalue weighted by atomic mass is 9.72. The maximum Gasteiger partial charge on any atom is 0.236 e. The van der Waals surface area contributed by atoms with Gasteiger partial charge in [-0.05, 0) is 27.2 Å². The molecule has 0 aliphatic carbocycles. The summed E-state index contributed by atoms with van der Waals surface area (Å²) in [5.74, 6) is 0.343. The van der Waals surface area contributed by atoms with Crippen LogP contribution in [0.2, 0.25) is 0 Å². The quantitative estimate of drug-likeness (QED) is 0.754. The first-order valence-corrected chi connectivity index (χ1v) is 9.41. The topological polar surface area (TPSA) is 30.0 Å². The molecule has 1 amide bonds. The van der Waals surface area contributed by atoms with Gasteiger partial charge in [-0.15, -0.1) is 0 Å². The molecule has 0 saturated carbocycles. The molecule has 3 aliphatic heterocycles. The van der Waals surface area contributed by atoms with Crippen LogP contribution in [0.5, 0.6) is 0 Å². The summed E-state index contributed by atoms with van der Waals surface area (Å²) in [6.45, 7) is 18.3. The number of nitrogens with zero attached hydrogens (tertiary/aromatic N) is 4. The van der Waals surface area contributed by atoms with Crippen molar-refractivity contribution in [3.63, 3.8) is 0 Å². The van der Waals surface area contributed by atoms with Gasteiger partial charge in [-0.3, -0.25) is 19.5 Å². The second-order valence-electron chi connectivity index (χ2n) is 8.32. The van der Waals surface area contributed by atoms with Gasteiger partial charge in [0.05, 0.1) is 6.54 Å². The monoisotopic (exact) mass is 322 g/mol. The summed E-state index contributed by atoms with van der Waals surface area (Å²) in [5.41, 5.74) is 0.440. The van der Waals surface area contributed by atoms with E-state index in [0.717, 1.165) is 39.3 Å². The van der Waals surface area contributed by atoms with Gasteiger partial charge in [0.25, 0.3) is 0 Å². The van der Waals surface area contributed by atoms with Crippen LogP contribution < -0.4 is 0 Å². The molecule has 0 aromatic carbocycles. The van der Waals surface area contributed by atoms with Crippen LogP contribution in [-0.4, -0.2) is 96.5 Å². The van der Waals surface area contributed by atoms with Gasteiger partial charge in [-0.25, -0.2) is 0 Å². The van der Waals surface area contributed by atoms with E-state index in [0.29, 0.717) is 30.0 Å².